The first-order valence-electron chi connectivity index (χ1n) is 7.44. The summed E-state index contributed by atoms with van der Waals surface area (Å²) < 4.78 is 3.31. The van der Waals surface area contributed by atoms with Crippen LogP contribution in [0, 0.1) is 27.7 Å². The molecule has 130 valence electrons. The summed E-state index contributed by atoms with van der Waals surface area (Å²) in [6, 6.07) is 3.29. The van der Waals surface area contributed by atoms with Crippen molar-refractivity contribution in [3.63, 3.8) is 0 Å². The fourth-order valence-electron chi connectivity index (χ4n) is 2.29. The van der Waals surface area contributed by atoms with Crippen LogP contribution in [-0.4, -0.2) is 29.2 Å². The molecule has 6 nitrogen and oxygen atoms in total. The molecule has 0 spiro atoms. The third kappa shape index (κ3) is 3.42. The minimum Gasteiger partial charge on any atom is -0.222 e. The van der Waals surface area contributed by atoms with Crippen LogP contribution in [0.1, 0.15) is 22.5 Å². The molecule has 0 aromatic carbocycles. The van der Waals surface area contributed by atoms with Gasteiger partial charge in [-0.15, -0.1) is 0 Å². The monoisotopic (exact) mass is 396 g/mol. The van der Waals surface area contributed by atoms with Gasteiger partial charge in [0, 0.05) is 23.4 Å². The molecule has 0 aliphatic carbocycles. The number of fused-ring (bicyclic) bond motifs is 2. The summed E-state index contributed by atoms with van der Waals surface area (Å²) in [6.45, 7) is 7.80. The Morgan fingerprint density at radius 1 is 0.800 bits per heavy atom. The van der Waals surface area contributed by atoms with Crippen LogP contribution in [0.4, 0.5) is 0 Å². The lowest BCUT2D eigenvalue weighted by molar-refractivity contribution is 0.917. The van der Waals surface area contributed by atoms with Crippen molar-refractivity contribution in [1.82, 2.24) is 29.2 Å². The van der Waals surface area contributed by atoms with E-state index in [1.807, 2.05) is 33.9 Å². The molecule has 25 heavy (non-hydrogen) atoms. The fraction of sp³-hybridized carbons (Fsp3) is 0.250. The summed E-state index contributed by atoms with van der Waals surface area (Å²) in [6.07, 6.45) is 1.81. The standard InChI is InChI=1S/C8H7Cl2N3.C8H8ClN3/c1-4-5(2)12-13-7(10)3-6(9)11-8(4)13;1-5-6(2)11-12-4-3-7(9)10-8(5)12/h3H,1-2H3;3-4H,1-2H3. The summed E-state index contributed by atoms with van der Waals surface area (Å²) >= 11 is 17.4. The summed E-state index contributed by atoms with van der Waals surface area (Å²) in [4.78, 5) is 8.30. The van der Waals surface area contributed by atoms with Crippen molar-refractivity contribution in [2.45, 2.75) is 27.7 Å². The molecule has 9 heteroatoms. The molecular formula is C16H15Cl3N6. The van der Waals surface area contributed by atoms with Crippen LogP contribution in [-0.2, 0) is 0 Å². The Hall–Kier alpha value is -1.89. The highest BCUT2D eigenvalue weighted by Gasteiger charge is 2.09. The van der Waals surface area contributed by atoms with Crippen LogP contribution >= 0.6 is 34.8 Å². The van der Waals surface area contributed by atoms with E-state index in [4.69, 9.17) is 34.8 Å². The van der Waals surface area contributed by atoms with Crippen molar-refractivity contribution in [3.05, 3.63) is 56.3 Å². The van der Waals surface area contributed by atoms with Crippen LogP contribution < -0.4 is 0 Å². The van der Waals surface area contributed by atoms with Gasteiger partial charge in [0.2, 0.25) is 0 Å². The first-order chi connectivity index (χ1) is 11.8. The number of hydrogen-bond acceptors (Lipinski definition) is 4. The predicted octanol–water partition coefficient (Wildman–Crippen LogP) is 4.65. The average molecular weight is 398 g/mol. The molecule has 4 rings (SSSR count). The maximum atomic E-state index is 5.92. The van der Waals surface area contributed by atoms with Crippen molar-refractivity contribution < 1.29 is 0 Å². The molecule has 0 saturated heterocycles. The van der Waals surface area contributed by atoms with Crippen LogP contribution in [0.3, 0.4) is 0 Å². The lowest BCUT2D eigenvalue weighted by atomic mass is 10.3. The number of halogens is 3. The van der Waals surface area contributed by atoms with E-state index >= 15 is 0 Å². The lowest BCUT2D eigenvalue weighted by Crippen LogP contribution is -1.92. The van der Waals surface area contributed by atoms with Gasteiger partial charge >= 0.3 is 0 Å². The Labute approximate surface area is 159 Å². The van der Waals surface area contributed by atoms with Gasteiger partial charge in [-0.05, 0) is 33.8 Å². The Bertz CT molecular complexity index is 1080. The first-order valence-corrected chi connectivity index (χ1v) is 8.57. The molecule has 0 amide bonds. The van der Waals surface area contributed by atoms with E-state index in [-0.39, 0.29) is 0 Å². The number of aryl methyl sites for hydroxylation is 4. The number of nitrogens with zero attached hydrogens (tertiary/aromatic N) is 6. The Morgan fingerprint density at radius 3 is 2.12 bits per heavy atom. The van der Waals surface area contributed by atoms with Gasteiger partial charge in [0.25, 0.3) is 0 Å². The third-order valence-corrected chi connectivity index (χ3v) is 4.57. The van der Waals surface area contributed by atoms with Crippen molar-refractivity contribution in [1.29, 1.82) is 0 Å². The second-order valence-corrected chi connectivity index (χ2v) is 6.74. The quantitative estimate of drug-likeness (QED) is 0.405. The largest absolute Gasteiger partial charge is 0.222 e. The first kappa shape index (κ1) is 17.9. The molecule has 0 aliphatic rings. The van der Waals surface area contributed by atoms with Gasteiger partial charge in [0.05, 0.1) is 11.4 Å². The smallest absolute Gasteiger partial charge is 0.161 e. The second kappa shape index (κ2) is 6.78. The molecule has 0 bridgehead atoms. The normalized spacial score (nSPS) is 11.0. The van der Waals surface area contributed by atoms with Gasteiger partial charge in [-0.3, -0.25) is 0 Å². The third-order valence-electron chi connectivity index (χ3n) is 3.90. The van der Waals surface area contributed by atoms with E-state index in [0.717, 1.165) is 33.8 Å². The highest BCUT2D eigenvalue weighted by atomic mass is 35.5. The van der Waals surface area contributed by atoms with Crippen LogP contribution in [0.2, 0.25) is 15.5 Å². The molecule has 0 saturated carbocycles. The van der Waals surface area contributed by atoms with E-state index in [1.54, 1.807) is 21.2 Å². The molecule has 4 aromatic rings. The van der Waals surface area contributed by atoms with Crippen molar-refractivity contribution in [2.24, 2.45) is 0 Å². The van der Waals surface area contributed by atoms with E-state index < -0.39 is 0 Å². The maximum absolute atomic E-state index is 5.92. The molecule has 0 N–H and O–H groups in total. The van der Waals surface area contributed by atoms with Crippen molar-refractivity contribution in [2.75, 3.05) is 0 Å². The Balaban J connectivity index is 0.000000146. The molecule has 0 fully saturated rings. The van der Waals surface area contributed by atoms with Crippen molar-refractivity contribution >= 4 is 46.1 Å². The number of rotatable bonds is 0. The fourth-order valence-corrected chi connectivity index (χ4v) is 2.89. The average Bonchev–Trinajstić information content (AvgIpc) is 2.99. The van der Waals surface area contributed by atoms with Gasteiger partial charge < -0.3 is 0 Å². The van der Waals surface area contributed by atoms with Crippen LogP contribution in [0.15, 0.2) is 18.3 Å². The number of hydrogen-bond donors (Lipinski definition) is 0. The van der Waals surface area contributed by atoms with Gasteiger partial charge in [-0.1, -0.05) is 34.8 Å². The number of aromatic nitrogens is 6. The molecule has 0 aliphatic heterocycles. The molecule has 4 aromatic heterocycles. The zero-order chi connectivity index (χ0) is 18.3. The Morgan fingerprint density at radius 2 is 1.40 bits per heavy atom. The Kier molecular flexibility index (Phi) is 4.86. The highest BCUT2D eigenvalue weighted by molar-refractivity contribution is 6.33. The second-order valence-electron chi connectivity index (χ2n) is 5.58. The van der Waals surface area contributed by atoms with E-state index in [9.17, 15) is 0 Å². The lowest BCUT2D eigenvalue weighted by Gasteiger charge is -1.96. The zero-order valence-electron chi connectivity index (χ0n) is 14.0. The van der Waals surface area contributed by atoms with E-state index in [1.165, 1.54) is 0 Å². The summed E-state index contributed by atoms with van der Waals surface area (Å²) in [7, 11) is 0. The molecule has 0 atom stereocenters. The zero-order valence-corrected chi connectivity index (χ0v) is 16.3. The topological polar surface area (TPSA) is 60.4 Å². The van der Waals surface area contributed by atoms with Crippen LogP contribution in [0.25, 0.3) is 11.3 Å². The molecule has 0 unspecified atom stereocenters. The van der Waals surface area contributed by atoms with Gasteiger partial charge in [0.15, 0.2) is 11.3 Å². The predicted molar refractivity (Wildman–Crippen MR) is 100.0 cm³/mol. The minimum atomic E-state index is 0.389. The van der Waals surface area contributed by atoms with Gasteiger partial charge in [0.1, 0.15) is 15.5 Å². The van der Waals surface area contributed by atoms with Gasteiger partial charge in [-0.25, -0.2) is 19.0 Å². The summed E-state index contributed by atoms with van der Waals surface area (Å²) in [5, 5.41) is 9.84. The molecule has 4 heterocycles. The van der Waals surface area contributed by atoms with Crippen LogP contribution in [0.5, 0.6) is 0 Å². The summed E-state index contributed by atoms with van der Waals surface area (Å²) in [5.74, 6) is 0. The summed E-state index contributed by atoms with van der Waals surface area (Å²) in [5.41, 5.74) is 5.54. The van der Waals surface area contributed by atoms with E-state index in [2.05, 4.69) is 20.2 Å². The SMILES string of the molecule is Cc1nn2c(Cl)cc(Cl)nc2c1C.Cc1nn2ccc(Cl)nc2c1C. The minimum absolute atomic E-state index is 0.389. The molecule has 0 radical (unpaired) electrons. The van der Waals surface area contributed by atoms with E-state index in [0.29, 0.717) is 15.5 Å². The van der Waals surface area contributed by atoms with Gasteiger partial charge in [-0.2, -0.15) is 10.2 Å². The highest BCUT2D eigenvalue weighted by Crippen LogP contribution is 2.20. The molecular weight excluding hydrogens is 383 g/mol. The van der Waals surface area contributed by atoms with Crippen molar-refractivity contribution in [3.8, 4) is 0 Å². The maximum Gasteiger partial charge on any atom is 0.161 e.